The maximum Gasteiger partial charge on any atom is 0.425 e. The fraction of sp³-hybridized carbons (Fsp3) is 0.600. The van der Waals surface area contributed by atoms with E-state index in [4.69, 9.17) is 14.2 Å². The monoisotopic (exact) mass is 714 g/mol. The minimum absolute atomic E-state index is 0.0195. The molecule has 0 aliphatic heterocycles. The van der Waals surface area contributed by atoms with Crippen molar-refractivity contribution in [1.29, 1.82) is 0 Å². The molecule has 0 fully saturated rings. The molecule has 49 heavy (non-hydrogen) atoms. The Hall–Kier alpha value is -3.58. The highest BCUT2D eigenvalue weighted by molar-refractivity contribution is 5.71. The highest BCUT2D eigenvalue weighted by Gasteiger charge is 2.43. The summed E-state index contributed by atoms with van der Waals surface area (Å²) in [6.07, 6.45) is -13.3. The van der Waals surface area contributed by atoms with Crippen molar-refractivity contribution in [3.63, 3.8) is 0 Å². The summed E-state index contributed by atoms with van der Waals surface area (Å²) < 4.78 is 118. The molecule has 2 aromatic carbocycles. The normalized spacial score (nSPS) is 13.1. The predicted octanol–water partition coefficient (Wildman–Crippen LogP) is 9.91. The van der Waals surface area contributed by atoms with Gasteiger partial charge in [0.25, 0.3) is 5.92 Å². The molecule has 6 nitrogen and oxygen atoms in total. The second-order valence-electron chi connectivity index (χ2n) is 12.7. The van der Waals surface area contributed by atoms with Crippen LogP contribution in [-0.2, 0) is 29.9 Å². The zero-order chi connectivity index (χ0) is 37.7. The van der Waals surface area contributed by atoms with Crippen molar-refractivity contribution in [2.75, 3.05) is 19.8 Å². The Kier molecular flexibility index (Phi) is 16.3. The molecule has 0 aromatic heterocycles. The summed E-state index contributed by atoms with van der Waals surface area (Å²) in [6.45, 7) is 12.0. The topological polar surface area (TPSA) is 71.1 Å². The number of hydrogen-bond donors (Lipinski definition) is 0. The van der Waals surface area contributed by atoms with E-state index in [2.05, 4.69) is 46.3 Å². The highest BCUT2D eigenvalue weighted by Crippen LogP contribution is 2.34. The van der Waals surface area contributed by atoms with Gasteiger partial charge in [-0.2, -0.15) is 26.3 Å². The number of carbonyl (C=O) groups is 2. The standard InChI is InChI=1S/C19H25F5O3.C16H21F3O3/c1-4-17(2,3)14-6-8-15(9-7-14)27-12-16(25)26-11-5-10-18(20,21)13-19(22,23)24;1-5-15(3,4)12-6-8-13(9-7-12)21-10-14(20)22-11(2)16(17,18)19/h6-9H,4-5,10-13H2,1-3H3;6-9,11H,5,10H2,1-4H3. The van der Waals surface area contributed by atoms with Crippen LogP contribution in [0.25, 0.3) is 0 Å². The van der Waals surface area contributed by atoms with Gasteiger partial charge in [0.1, 0.15) is 17.9 Å². The largest absolute Gasteiger partial charge is 0.482 e. The minimum atomic E-state index is -4.93. The van der Waals surface area contributed by atoms with Gasteiger partial charge in [-0.1, -0.05) is 65.8 Å². The molecule has 278 valence electrons. The van der Waals surface area contributed by atoms with E-state index in [1.807, 2.05) is 24.3 Å². The average molecular weight is 715 g/mol. The summed E-state index contributed by atoms with van der Waals surface area (Å²) in [5.41, 5.74) is 2.29. The van der Waals surface area contributed by atoms with Crippen molar-refractivity contribution in [3.05, 3.63) is 59.7 Å². The maximum atomic E-state index is 13.1. The maximum absolute atomic E-state index is 13.1. The number of benzene rings is 2. The first-order valence-electron chi connectivity index (χ1n) is 15.7. The Morgan fingerprint density at radius 3 is 1.45 bits per heavy atom. The van der Waals surface area contributed by atoms with Gasteiger partial charge >= 0.3 is 24.3 Å². The molecule has 0 bridgehead atoms. The van der Waals surface area contributed by atoms with Crippen LogP contribution in [0.15, 0.2) is 48.5 Å². The van der Waals surface area contributed by atoms with Gasteiger partial charge in [-0.15, -0.1) is 0 Å². The van der Waals surface area contributed by atoms with Crippen LogP contribution in [0.4, 0.5) is 35.1 Å². The van der Waals surface area contributed by atoms with E-state index in [1.54, 1.807) is 24.3 Å². The van der Waals surface area contributed by atoms with Crippen LogP contribution in [0.1, 0.15) is 91.7 Å². The molecule has 2 aromatic rings. The van der Waals surface area contributed by atoms with E-state index < -0.39 is 62.4 Å². The van der Waals surface area contributed by atoms with Crippen LogP contribution in [0.3, 0.4) is 0 Å². The molecule has 0 radical (unpaired) electrons. The van der Waals surface area contributed by atoms with Crippen molar-refractivity contribution in [2.45, 2.75) is 116 Å². The van der Waals surface area contributed by atoms with Crippen LogP contribution < -0.4 is 9.47 Å². The smallest absolute Gasteiger partial charge is 0.425 e. The van der Waals surface area contributed by atoms with Crippen molar-refractivity contribution in [1.82, 2.24) is 0 Å². The summed E-state index contributed by atoms with van der Waals surface area (Å²) in [7, 11) is 0. The van der Waals surface area contributed by atoms with Crippen LogP contribution in [-0.4, -0.2) is 56.1 Å². The molecule has 0 saturated carbocycles. The minimum Gasteiger partial charge on any atom is -0.482 e. The number of alkyl halides is 8. The van der Waals surface area contributed by atoms with Gasteiger partial charge in [0.2, 0.25) is 0 Å². The van der Waals surface area contributed by atoms with Crippen molar-refractivity contribution in [2.24, 2.45) is 0 Å². The Balaban J connectivity index is 0.000000500. The molecule has 0 aliphatic carbocycles. The van der Waals surface area contributed by atoms with E-state index in [-0.39, 0.29) is 23.9 Å². The quantitative estimate of drug-likeness (QED) is 0.0980. The molecule has 1 unspecified atom stereocenters. The van der Waals surface area contributed by atoms with Gasteiger partial charge in [-0.3, -0.25) is 0 Å². The molecule has 0 spiro atoms. The van der Waals surface area contributed by atoms with Crippen molar-refractivity contribution < 1.29 is 63.7 Å². The number of hydrogen-bond acceptors (Lipinski definition) is 6. The SMILES string of the molecule is CCC(C)(C)c1ccc(OCC(=O)OC(C)C(F)(F)F)cc1.CCC(C)(C)c1ccc(OCC(=O)OCCCC(F)(F)CC(F)(F)F)cc1. The number of halogens is 8. The summed E-state index contributed by atoms with van der Waals surface area (Å²) in [5.74, 6) is -4.82. The highest BCUT2D eigenvalue weighted by atomic mass is 19.4. The fourth-order valence-electron chi connectivity index (χ4n) is 3.94. The van der Waals surface area contributed by atoms with Gasteiger partial charge in [0, 0.05) is 6.42 Å². The van der Waals surface area contributed by atoms with E-state index >= 15 is 0 Å². The fourth-order valence-corrected chi connectivity index (χ4v) is 3.94. The van der Waals surface area contributed by atoms with Crippen molar-refractivity contribution in [3.8, 4) is 11.5 Å². The lowest BCUT2D eigenvalue weighted by molar-refractivity contribution is -0.217. The lowest BCUT2D eigenvalue weighted by atomic mass is 9.82. The zero-order valence-corrected chi connectivity index (χ0v) is 28.8. The first-order valence-corrected chi connectivity index (χ1v) is 15.7. The van der Waals surface area contributed by atoms with E-state index in [1.165, 1.54) is 0 Å². The van der Waals surface area contributed by atoms with Gasteiger partial charge < -0.3 is 18.9 Å². The van der Waals surface area contributed by atoms with Crippen LogP contribution in [0, 0.1) is 0 Å². The van der Waals surface area contributed by atoms with Crippen LogP contribution in [0.2, 0.25) is 0 Å². The summed E-state index contributed by atoms with van der Waals surface area (Å²) in [5, 5.41) is 0. The third-order valence-corrected chi connectivity index (χ3v) is 7.93. The van der Waals surface area contributed by atoms with Crippen LogP contribution >= 0.6 is 0 Å². The van der Waals surface area contributed by atoms with Gasteiger partial charge in [0.05, 0.1) is 6.61 Å². The Morgan fingerprint density at radius 1 is 0.673 bits per heavy atom. The lowest BCUT2D eigenvalue weighted by Gasteiger charge is -2.23. The first-order chi connectivity index (χ1) is 22.4. The molecule has 0 N–H and O–H groups in total. The van der Waals surface area contributed by atoms with E-state index in [0.717, 1.165) is 30.9 Å². The van der Waals surface area contributed by atoms with Gasteiger partial charge in [-0.05, 0) is 72.4 Å². The third kappa shape index (κ3) is 17.1. The lowest BCUT2D eigenvalue weighted by Crippen LogP contribution is -2.32. The summed E-state index contributed by atoms with van der Waals surface area (Å²) in [4.78, 5) is 22.8. The molecule has 0 saturated heterocycles. The first kappa shape index (κ1) is 43.4. The van der Waals surface area contributed by atoms with Gasteiger partial charge in [-0.25, -0.2) is 18.4 Å². The number of rotatable bonds is 16. The van der Waals surface area contributed by atoms with Crippen LogP contribution in [0.5, 0.6) is 11.5 Å². The second-order valence-corrected chi connectivity index (χ2v) is 12.7. The molecule has 0 aliphatic rings. The third-order valence-electron chi connectivity index (χ3n) is 7.93. The molecule has 0 amide bonds. The Labute approximate surface area is 282 Å². The molecule has 0 heterocycles. The Bertz CT molecular complexity index is 1290. The van der Waals surface area contributed by atoms with Crippen molar-refractivity contribution >= 4 is 11.9 Å². The van der Waals surface area contributed by atoms with Gasteiger partial charge in [0.15, 0.2) is 19.3 Å². The molecule has 2 rings (SSSR count). The summed E-state index contributed by atoms with van der Waals surface area (Å²) >= 11 is 0. The Morgan fingerprint density at radius 2 is 1.08 bits per heavy atom. The number of carbonyl (C=O) groups excluding carboxylic acids is 2. The van der Waals surface area contributed by atoms with E-state index in [9.17, 15) is 44.7 Å². The molecular formula is C35H46F8O6. The van der Waals surface area contributed by atoms with E-state index in [0.29, 0.717) is 11.5 Å². The average Bonchev–Trinajstić information content (AvgIpc) is 3.00. The number of ether oxygens (including phenoxy) is 4. The molecule has 14 heteroatoms. The second kappa shape index (κ2) is 18.4. The molecular weight excluding hydrogens is 668 g/mol. The predicted molar refractivity (Wildman–Crippen MR) is 168 cm³/mol. The molecule has 1 atom stereocenters. The summed E-state index contributed by atoms with van der Waals surface area (Å²) in [6, 6.07) is 14.4. The zero-order valence-electron chi connectivity index (χ0n) is 28.8. The number of esters is 2.